The molecule has 4 bridgehead atoms. The zero-order valence-corrected chi connectivity index (χ0v) is 20.9. The maximum atomic E-state index is 2.31. The highest BCUT2D eigenvalue weighted by molar-refractivity contribution is 5.01. The smallest absolute Gasteiger partial charge is 0.0290 e. The highest BCUT2D eigenvalue weighted by Crippen LogP contribution is 2.61. The summed E-state index contributed by atoms with van der Waals surface area (Å²) in [5.74, 6) is 3.44. The Balaban J connectivity index is 1.03. The van der Waals surface area contributed by atoms with Gasteiger partial charge in [-0.3, -0.25) is 0 Å². The van der Waals surface area contributed by atoms with Gasteiger partial charge < -0.3 is 0 Å². The van der Waals surface area contributed by atoms with Gasteiger partial charge >= 0.3 is 0 Å². The topological polar surface area (TPSA) is 0 Å². The SMILES string of the molecule is CCCCCCCCCCCCCCCCCCCCC12CC3CC(CC(C3)C1)C2. The molecular formula is C30H56. The van der Waals surface area contributed by atoms with Gasteiger partial charge in [0, 0.05) is 0 Å². The Morgan fingerprint density at radius 3 is 1.07 bits per heavy atom. The predicted molar refractivity (Wildman–Crippen MR) is 134 cm³/mol. The summed E-state index contributed by atoms with van der Waals surface area (Å²) in [6.45, 7) is 2.31. The minimum Gasteiger partial charge on any atom is -0.0654 e. The molecule has 0 unspecified atom stereocenters. The zero-order chi connectivity index (χ0) is 20.9. The van der Waals surface area contributed by atoms with Gasteiger partial charge in [0.25, 0.3) is 0 Å². The number of hydrogen-bond acceptors (Lipinski definition) is 0. The second-order valence-electron chi connectivity index (χ2n) is 12.2. The molecule has 0 N–H and O–H groups in total. The van der Waals surface area contributed by atoms with E-state index in [4.69, 9.17) is 0 Å². The first-order chi connectivity index (χ1) is 14.8. The summed E-state index contributed by atoms with van der Waals surface area (Å²) in [5.41, 5.74) is 0.837. The molecule has 4 rings (SSSR count). The van der Waals surface area contributed by atoms with Crippen LogP contribution in [-0.4, -0.2) is 0 Å². The summed E-state index contributed by atoms with van der Waals surface area (Å²) < 4.78 is 0. The van der Waals surface area contributed by atoms with Crippen molar-refractivity contribution in [1.29, 1.82) is 0 Å². The average Bonchev–Trinajstić information content (AvgIpc) is 2.72. The maximum absolute atomic E-state index is 2.31. The van der Waals surface area contributed by atoms with Gasteiger partial charge in [0.2, 0.25) is 0 Å². The molecule has 4 fully saturated rings. The molecule has 0 aromatic rings. The lowest BCUT2D eigenvalue weighted by Gasteiger charge is -2.57. The number of hydrogen-bond donors (Lipinski definition) is 0. The van der Waals surface area contributed by atoms with Crippen molar-refractivity contribution in [2.45, 2.75) is 167 Å². The van der Waals surface area contributed by atoms with E-state index >= 15 is 0 Å². The lowest BCUT2D eigenvalue weighted by Crippen LogP contribution is -2.45. The molecule has 30 heavy (non-hydrogen) atoms. The molecule has 4 saturated carbocycles. The van der Waals surface area contributed by atoms with Crippen molar-refractivity contribution < 1.29 is 0 Å². The molecule has 0 spiro atoms. The van der Waals surface area contributed by atoms with E-state index in [0.29, 0.717) is 0 Å². The molecule has 0 aromatic heterocycles. The first-order valence-electron chi connectivity index (χ1n) is 14.8. The van der Waals surface area contributed by atoms with Crippen molar-refractivity contribution in [2.75, 3.05) is 0 Å². The molecule has 0 amide bonds. The Bertz CT molecular complexity index is 386. The van der Waals surface area contributed by atoms with Crippen molar-refractivity contribution in [2.24, 2.45) is 23.2 Å². The van der Waals surface area contributed by atoms with Crippen molar-refractivity contribution in [3.05, 3.63) is 0 Å². The Kier molecular flexibility index (Phi) is 11.7. The Morgan fingerprint density at radius 2 is 0.733 bits per heavy atom. The maximum Gasteiger partial charge on any atom is -0.0290 e. The van der Waals surface area contributed by atoms with Gasteiger partial charge in [0.05, 0.1) is 0 Å². The normalized spacial score (nSPS) is 29.7. The van der Waals surface area contributed by atoms with Crippen molar-refractivity contribution >= 4 is 0 Å². The fraction of sp³-hybridized carbons (Fsp3) is 1.00. The first kappa shape index (κ1) is 24.6. The number of rotatable bonds is 19. The molecule has 4 aliphatic carbocycles. The van der Waals surface area contributed by atoms with E-state index in [2.05, 4.69) is 6.92 Å². The largest absolute Gasteiger partial charge is 0.0654 e. The summed E-state index contributed by atoms with van der Waals surface area (Å²) in [5, 5.41) is 0. The lowest BCUT2D eigenvalue weighted by molar-refractivity contribution is -0.0583. The Morgan fingerprint density at radius 1 is 0.433 bits per heavy atom. The molecule has 0 heterocycles. The van der Waals surface area contributed by atoms with Crippen LogP contribution in [0.1, 0.15) is 167 Å². The Labute approximate surface area is 190 Å². The van der Waals surface area contributed by atoms with Crippen LogP contribution in [0.5, 0.6) is 0 Å². The van der Waals surface area contributed by atoms with Gasteiger partial charge in [-0.05, 0) is 68.1 Å². The van der Waals surface area contributed by atoms with Crippen molar-refractivity contribution in [3.8, 4) is 0 Å². The predicted octanol–water partition coefficient (Wildman–Crippen LogP) is 10.6. The fourth-order valence-electron chi connectivity index (χ4n) is 8.00. The van der Waals surface area contributed by atoms with Crippen LogP contribution in [0, 0.1) is 23.2 Å². The highest BCUT2D eigenvalue weighted by Gasteiger charge is 2.50. The standard InChI is InChI=1S/C30H56/c1-2-3-4-5-6-7-8-9-10-11-12-13-14-15-16-17-18-19-20-30-24-27-21-28(25-30)23-29(22-27)26-30/h27-29H,2-26H2,1H3. The number of unbranched alkanes of at least 4 members (excludes halogenated alkanes) is 17. The third kappa shape index (κ3) is 8.86. The summed E-state index contributed by atoms with van der Waals surface area (Å²) in [7, 11) is 0. The third-order valence-electron chi connectivity index (χ3n) is 9.23. The highest BCUT2D eigenvalue weighted by atomic mass is 14.5. The second kappa shape index (κ2) is 14.2. The van der Waals surface area contributed by atoms with Gasteiger partial charge in [-0.1, -0.05) is 122 Å². The van der Waals surface area contributed by atoms with Gasteiger partial charge in [0.15, 0.2) is 0 Å². The second-order valence-corrected chi connectivity index (χ2v) is 12.2. The molecule has 0 heteroatoms. The van der Waals surface area contributed by atoms with Gasteiger partial charge in [-0.25, -0.2) is 0 Å². The van der Waals surface area contributed by atoms with E-state index in [1.807, 2.05) is 0 Å². The molecule has 0 saturated heterocycles. The molecule has 4 aliphatic rings. The molecule has 0 radical (unpaired) electrons. The van der Waals surface area contributed by atoms with Crippen LogP contribution in [0.3, 0.4) is 0 Å². The van der Waals surface area contributed by atoms with Crippen LogP contribution in [0.15, 0.2) is 0 Å². The molecule has 0 aliphatic heterocycles. The first-order valence-corrected chi connectivity index (χ1v) is 14.8. The van der Waals surface area contributed by atoms with Gasteiger partial charge in [0.1, 0.15) is 0 Å². The van der Waals surface area contributed by atoms with Crippen LogP contribution < -0.4 is 0 Å². The summed E-state index contributed by atoms with van der Waals surface area (Å²) in [6.07, 6.45) is 38.2. The summed E-state index contributed by atoms with van der Waals surface area (Å²) in [4.78, 5) is 0. The van der Waals surface area contributed by atoms with E-state index < -0.39 is 0 Å². The van der Waals surface area contributed by atoms with Crippen LogP contribution in [0.25, 0.3) is 0 Å². The monoisotopic (exact) mass is 416 g/mol. The molecule has 0 atom stereocenters. The summed E-state index contributed by atoms with van der Waals surface area (Å²) >= 11 is 0. The fourth-order valence-corrected chi connectivity index (χ4v) is 8.00. The minimum atomic E-state index is 0.837. The van der Waals surface area contributed by atoms with Crippen LogP contribution in [0.2, 0.25) is 0 Å². The average molecular weight is 417 g/mol. The minimum absolute atomic E-state index is 0.837. The van der Waals surface area contributed by atoms with E-state index in [-0.39, 0.29) is 0 Å². The molecular weight excluding hydrogens is 360 g/mol. The van der Waals surface area contributed by atoms with E-state index in [1.54, 1.807) is 51.4 Å². The molecule has 0 nitrogen and oxygen atoms in total. The van der Waals surface area contributed by atoms with Crippen LogP contribution in [-0.2, 0) is 0 Å². The van der Waals surface area contributed by atoms with Crippen molar-refractivity contribution in [3.63, 3.8) is 0 Å². The Hall–Kier alpha value is 0. The lowest BCUT2D eigenvalue weighted by atomic mass is 9.48. The quantitative estimate of drug-likeness (QED) is 0.184. The van der Waals surface area contributed by atoms with Crippen LogP contribution >= 0.6 is 0 Å². The summed E-state index contributed by atoms with van der Waals surface area (Å²) in [6, 6.07) is 0. The third-order valence-corrected chi connectivity index (χ3v) is 9.23. The van der Waals surface area contributed by atoms with E-state index in [0.717, 1.165) is 23.2 Å². The van der Waals surface area contributed by atoms with Crippen molar-refractivity contribution in [1.82, 2.24) is 0 Å². The zero-order valence-electron chi connectivity index (χ0n) is 20.9. The molecule has 0 aromatic carbocycles. The van der Waals surface area contributed by atoms with E-state index in [1.165, 1.54) is 109 Å². The van der Waals surface area contributed by atoms with Gasteiger partial charge in [-0.2, -0.15) is 0 Å². The van der Waals surface area contributed by atoms with Gasteiger partial charge in [-0.15, -0.1) is 0 Å². The van der Waals surface area contributed by atoms with Crippen LogP contribution in [0.4, 0.5) is 0 Å². The molecule has 176 valence electrons. The van der Waals surface area contributed by atoms with E-state index in [9.17, 15) is 0 Å².